The molecule has 0 atom stereocenters. The number of halogens is 2. The molecule has 0 bridgehead atoms. The monoisotopic (exact) mass is 353 g/mol. The topological polar surface area (TPSA) is 83.7 Å². The van der Waals surface area contributed by atoms with Gasteiger partial charge < -0.3 is 9.73 Å². The molecule has 2 rings (SSSR count). The van der Waals surface area contributed by atoms with Crippen LogP contribution in [0.4, 0.5) is 0 Å². The van der Waals surface area contributed by atoms with Crippen molar-refractivity contribution in [3.63, 3.8) is 0 Å². The standard InChI is InChI=1S/C15H13Cl2N3O3/c1-9-2-4-11(23-9)7-19-20-14(21)8-18-15(22)12-5-3-10(16)6-13(12)17/h2-7H,8H2,1H3,(H,18,22)(H,20,21). The van der Waals surface area contributed by atoms with E-state index in [2.05, 4.69) is 15.8 Å². The van der Waals surface area contributed by atoms with Crippen LogP contribution in [0.5, 0.6) is 0 Å². The molecule has 0 saturated carbocycles. The van der Waals surface area contributed by atoms with Crippen molar-refractivity contribution in [3.8, 4) is 0 Å². The Hall–Kier alpha value is -2.31. The molecule has 1 aromatic carbocycles. The lowest BCUT2D eigenvalue weighted by atomic mass is 10.2. The first-order valence-electron chi connectivity index (χ1n) is 6.57. The van der Waals surface area contributed by atoms with Gasteiger partial charge in [-0.3, -0.25) is 9.59 Å². The highest BCUT2D eigenvalue weighted by molar-refractivity contribution is 6.36. The Morgan fingerprint density at radius 1 is 1.26 bits per heavy atom. The van der Waals surface area contributed by atoms with E-state index in [1.54, 1.807) is 19.1 Å². The maximum Gasteiger partial charge on any atom is 0.259 e. The second-order valence-corrected chi connectivity index (χ2v) is 5.39. The molecule has 2 aromatic rings. The third kappa shape index (κ3) is 5.12. The van der Waals surface area contributed by atoms with Gasteiger partial charge in [-0.2, -0.15) is 5.10 Å². The minimum atomic E-state index is -0.483. The normalized spacial score (nSPS) is 10.7. The van der Waals surface area contributed by atoms with Gasteiger partial charge in [-0.25, -0.2) is 5.43 Å². The molecule has 0 aliphatic heterocycles. The summed E-state index contributed by atoms with van der Waals surface area (Å²) in [5, 5.41) is 6.79. The van der Waals surface area contributed by atoms with Gasteiger partial charge in [0.2, 0.25) is 0 Å². The van der Waals surface area contributed by atoms with Crippen LogP contribution in [-0.4, -0.2) is 24.6 Å². The summed E-state index contributed by atoms with van der Waals surface area (Å²) in [5.41, 5.74) is 2.51. The smallest absolute Gasteiger partial charge is 0.259 e. The van der Waals surface area contributed by atoms with Gasteiger partial charge in [-0.15, -0.1) is 0 Å². The Morgan fingerprint density at radius 3 is 2.70 bits per heavy atom. The van der Waals surface area contributed by atoms with E-state index in [4.69, 9.17) is 27.6 Å². The predicted octanol–water partition coefficient (Wildman–Crippen LogP) is 2.77. The fourth-order valence-electron chi connectivity index (χ4n) is 1.66. The molecule has 0 unspecified atom stereocenters. The number of nitrogens with zero attached hydrogens (tertiary/aromatic N) is 1. The molecular weight excluding hydrogens is 341 g/mol. The van der Waals surface area contributed by atoms with Gasteiger partial charge in [0.05, 0.1) is 23.3 Å². The average molecular weight is 354 g/mol. The first-order valence-corrected chi connectivity index (χ1v) is 7.33. The summed E-state index contributed by atoms with van der Waals surface area (Å²) in [5.74, 6) is 0.292. The van der Waals surface area contributed by atoms with Crippen LogP contribution in [0.1, 0.15) is 21.9 Å². The lowest BCUT2D eigenvalue weighted by Crippen LogP contribution is -2.35. The fraction of sp³-hybridized carbons (Fsp3) is 0.133. The van der Waals surface area contributed by atoms with Gasteiger partial charge >= 0.3 is 0 Å². The number of nitrogens with one attached hydrogen (secondary N) is 2. The molecule has 0 fully saturated rings. The number of amides is 2. The van der Waals surface area contributed by atoms with Crippen LogP contribution in [-0.2, 0) is 4.79 Å². The fourth-order valence-corrected chi connectivity index (χ4v) is 2.15. The zero-order valence-electron chi connectivity index (χ0n) is 12.1. The first kappa shape index (κ1) is 17.1. The van der Waals surface area contributed by atoms with Crippen molar-refractivity contribution in [3.05, 3.63) is 57.5 Å². The third-order valence-electron chi connectivity index (χ3n) is 2.73. The van der Waals surface area contributed by atoms with Gasteiger partial charge in [0.1, 0.15) is 11.5 Å². The van der Waals surface area contributed by atoms with Crippen LogP contribution in [0.3, 0.4) is 0 Å². The molecule has 1 aromatic heterocycles. The van der Waals surface area contributed by atoms with Crippen LogP contribution in [0.2, 0.25) is 10.0 Å². The Bertz CT molecular complexity index is 756. The first-order chi connectivity index (χ1) is 11.0. The number of hydrogen-bond donors (Lipinski definition) is 2. The Morgan fingerprint density at radius 2 is 2.04 bits per heavy atom. The van der Waals surface area contributed by atoms with Crippen molar-refractivity contribution < 1.29 is 14.0 Å². The number of rotatable bonds is 5. The van der Waals surface area contributed by atoms with Crippen molar-refractivity contribution in [2.24, 2.45) is 5.10 Å². The molecule has 0 radical (unpaired) electrons. The number of furan rings is 1. The van der Waals surface area contributed by atoms with Crippen molar-refractivity contribution in [2.75, 3.05) is 6.54 Å². The molecule has 0 spiro atoms. The Balaban J connectivity index is 1.82. The minimum Gasteiger partial charge on any atom is -0.460 e. The zero-order valence-corrected chi connectivity index (χ0v) is 13.6. The van der Waals surface area contributed by atoms with Crippen molar-refractivity contribution >= 4 is 41.2 Å². The highest BCUT2D eigenvalue weighted by Crippen LogP contribution is 2.20. The highest BCUT2D eigenvalue weighted by atomic mass is 35.5. The van der Waals surface area contributed by atoms with Crippen molar-refractivity contribution in [1.82, 2.24) is 10.7 Å². The summed E-state index contributed by atoms with van der Waals surface area (Å²) < 4.78 is 5.25. The van der Waals surface area contributed by atoms with E-state index in [1.165, 1.54) is 24.4 Å². The zero-order chi connectivity index (χ0) is 16.8. The molecule has 0 aliphatic rings. The molecule has 0 aliphatic carbocycles. The highest BCUT2D eigenvalue weighted by Gasteiger charge is 2.11. The lowest BCUT2D eigenvalue weighted by molar-refractivity contribution is -0.120. The molecule has 0 saturated heterocycles. The summed E-state index contributed by atoms with van der Waals surface area (Å²) in [7, 11) is 0. The van der Waals surface area contributed by atoms with Crippen LogP contribution in [0.15, 0.2) is 39.9 Å². The summed E-state index contributed by atoms with van der Waals surface area (Å²) in [6, 6.07) is 7.97. The Labute approximate surface area is 142 Å². The summed E-state index contributed by atoms with van der Waals surface area (Å²) in [6.07, 6.45) is 1.36. The number of carbonyl (C=O) groups is 2. The lowest BCUT2D eigenvalue weighted by Gasteiger charge is -2.06. The second-order valence-electron chi connectivity index (χ2n) is 4.55. The van der Waals surface area contributed by atoms with Crippen LogP contribution in [0, 0.1) is 6.92 Å². The van der Waals surface area contributed by atoms with Crippen LogP contribution < -0.4 is 10.7 Å². The summed E-state index contributed by atoms with van der Waals surface area (Å²) in [6.45, 7) is 1.56. The van der Waals surface area contributed by atoms with Crippen LogP contribution in [0.25, 0.3) is 0 Å². The number of hydrogen-bond acceptors (Lipinski definition) is 4. The molecule has 6 nitrogen and oxygen atoms in total. The number of aryl methyl sites for hydroxylation is 1. The largest absolute Gasteiger partial charge is 0.460 e. The van der Waals surface area contributed by atoms with E-state index < -0.39 is 11.8 Å². The van der Waals surface area contributed by atoms with Crippen molar-refractivity contribution in [2.45, 2.75) is 6.92 Å². The average Bonchev–Trinajstić information content (AvgIpc) is 2.90. The molecule has 2 amide bonds. The predicted molar refractivity (Wildman–Crippen MR) is 88.0 cm³/mol. The van der Waals surface area contributed by atoms with E-state index in [-0.39, 0.29) is 17.1 Å². The van der Waals surface area contributed by atoms with Gasteiger partial charge in [0.25, 0.3) is 11.8 Å². The summed E-state index contributed by atoms with van der Waals surface area (Å²) in [4.78, 5) is 23.5. The van der Waals surface area contributed by atoms with Crippen molar-refractivity contribution in [1.29, 1.82) is 0 Å². The van der Waals surface area contributed by atoms with Gasteiger partial charge in [-0.05, 0) is 37.3 Å². The Kier molecular flexibility index (Phi) is 5.78. The quantitative estimate of drug-likeness (QED) is 0.640. The molecular formula is C15H13Cl2N3O3. The molecule has 120 valence electrons. The SMILES string of the molecule is Cc1ccc(C=NNC(=O)CNC(=O)c2ccc(Cl)cc2Cl)o1. The van der Waals surface area contributed by atoms with Gasteiger partial charge in [0, 0.05) is 5.02 Å². The molecule has 23 heavy (non-hydrogen) atoms. The molecule has 8 heteroatoms. The second kappa shape index (κ2) is 7.80. The van der Waals surface area contributed by atoms with Crippen LogP contribution >= 0.6 is 23.2 Å². The van der Waals surface area contributed by atoms with E-state index in [1.807, 2.05) is 0 Å². The minimum absolute atomic E-state index is 0.210. The third-order valence-corrected chi connectivity index (χ3v) is 3.28. The summed E-state index contributed by atoms with van der Waals surface area (Å²) >= 11 is 11.7. The number of carbonyl (C=O) groups excluding carboxylic acids is 2. The van der Waals surface area contributed by atoms with Gasteiger partial charge in [0.15, 0.2) is 0 Å². The van der Waals surface area contributed by atoms with E-state index in [9.17, 15) is 9.59 Å². The van der Waals surface area contributed by atoms with E-state index in [0.29, 0.717) is 10.8 Å². The van der Waals surface area contributed by atoms with E-state index >= 15 is 0 Å². The molecule has 2 N–H and O–H groups in total. The number of hydrazone groups is 1. The number of benzene rings is 1. The van der Waals surface area contributed by atoms with E-state index in [0.717, 1.165) is 5.76 Å². The maximum absolute atomic E-state index is 11.9. The maximum atomic E-state index is 11.9. The van der Waals surface area contributed by atoms with Gasteiger partial charge in [-0.1, -0.05) is 23.2 Å². The molecule has 1 heterocycles.